The van der Waals surface area contributed by atoms with E-state index in [4.69, 9.17) is 9.84 Å². The average Bonchev–Trinajstić information content (AvgIpc) is 3.27. The highest BCUT2D eigenvalue weighted by Crippen LogP contribution is 2.32. The van der Waals surface area contributed by atoms with Crippen molar-refractivity contribution in [3.63, 3.8) is 0 Å². The van der Waals surface area contributed by atoms with Gasteiger partial charge in [0.25, 0.3) is 0 Å². The lowest BCUT2D eigenvalue weighted by Gasteiger charge is -2.38. The minimum atomic E-state index is 0.574. The van der Waals surface area contributed by atoms with E-state index in [1.165, 1.54) is 31.2 Å². The molecule has 0 atom stereocenters. The molecule has 0 spiro atoms. The molecule has 118 valence electrons. The number of morpholine rings is 1. The van der Waals surface area contributed by atoms with Crippen LogP contribution in [-0.2, 0) is 4.74 Å². The predicted octanol–water partition coefficient (Wildman–Crippen LogP) is 3.43. The fourth-order valence-corrected chi connectivity index (χ4v) is 4.39. The van der Waals surface area contributed by atoms with Crippen LogP contribution in [0.1, 0.15) is 31.7 Å². The lowest BCUT2D eigenvalue weighted by Crippen LogP contribution is -2.45. The van der Waals surface area contributed by atoms with Crippen LogP contribution in [0.2, 0.25) is 0 Å². The maximum absolute atomic E-state index is 5.46. The fraction of sp³-hybridized carbons (Fsp3) is 0.588. The highest BCUT2D eigenvalue weighted by Gasteiger charge is 2.27. The van der Waals surface area contributed by atoms with Gasteiger partial charge in [-0.15, -0.1) is 0 Å². The zero-order valence-electron chi connectivity index (χ0n) is 12.9. The van der Waals surface area contributed by atoms with Crippen LogP contribution in [0.15, 0.2) is 29.1 Å². The fourth-order valence-electron chi connectivity index (χ4n) is 3.74. The van der Waals surface area contributed by atoms with Gasteiger partial charge in [0.2, 0.25) is 0 Å². The van der Waals surface area contributed by atoms with Gasteiger partial charge in [0.15, 0.2) is 0 Å². The van der Waals surface area contributed by atoms with Gasteiger partial charge in [-0.2, -0.15) is 16.4 Å². The van der Waals surface area contributed by atoms with Crippen LogP contribution in [0.3, 0.4) is 0 Å². The van der Waals surface area contributed by atoms with Crippen LogP contribution in [0.4, 0.5) is 0 Å². The number of hydrogen-bond donors (Lipinski definition) is 0. The van der Waals surface area contributed by atoms with Gasteiger partial charge in [0.1, 0.15) is 0 Å². The van der Waals surface area contributed by atoms with E-state index in [0.717, 1.165) is 38.0 Å². The smallest absolute Gasteiger partial charge is 0.0931 e. The van der Waals surface area contributed by atoms with E-state index < -0.39 is 0 Å². The molecule has 4 nitrogen and oxygen atoms in total. The highest BCUT2D eigenvalue weighted by molar-refractivity contribution is 7.08. The third-order valence-corrected chi connectivity index (χ3v) is 5.71. The zero-order valence-corrected chi connectivity index (χ0v) is 13.7. The van der Waals surface area contributed by atoms with Gasteiger partial charge in [-0.05, 0) is 43.2 Å². The second kappa shape index (κ2) is 6.52. The van der Waals surface area contributed by atoms with Crippen molar-refractivity contribution >= 4 is 11.3 Å². The van der Waals surface area contributed by atoms with Crippen LogP contribution in [0.25, 0.3) is 11.3 Å². The van der Waals surface area contributed by atoms with Gasteiger partial charge in [-0.3, -0.25) is 9.58 Å². The monoisotopic (exact) mass is 317 g/mol. The van der Waals surface area contributed by atoms with E-state index in [1.54, 1.807) is 11.3 Å². The Morgan fingerprint density at radius 1 is 1.05 bits per heavy atom. The van der Waals surface area contributed by atoms with Gasteiger partial charge < -0.3 is 4.74 Å². The summed E-state index contributed by atoms with van der Waals surface area (Å²) in [7, 11) is 0. The quantitative estimate of drug-likeness (QED) is 0.869. The maximum Gasteiger partial charge on any atom is 0.0931 e. The average molecular weight is 317 g/mol. The molecule has 3 heterocycles. The minimum absolute atomic E-state index is 0.574. The van der Waals surface area contributed by atoms with E-state index in [1.807, 2.05) is 0 Å². The minimum Gasteiger partial charge on any atom is -0.379 e. The van der Waals surface area contributed by atoms with Crippen LogP contribution >= 0.6 is 11.3 Å². The van der Waals surface area contributed by atoms with E-state index in [0.29, 0.717) is 6.04 Å². The zero-order chi connectivity index (χ0) is 14.8. The van der Waals surface area contributed by atoms with Crippen LogP contribution in [0.5, 0.6) is 0 Å². The van der Waals surface area contributed by atoms with Crippen molar-refractivity contribution in [2.24, 2.45) is 0 Å². The normalized spacial score (nSPS) is 27.1. The Bertz CT molecular complexity index is 581. The molecular weight excluding hydrogens is 294 g/mol. The third kappa shape index (κ3) is 2.98. The highest BCUT2D eigenvalue weighted by atomic mass is 32.1. The Morgan fingerprint density at radius 3 is 2.55 bits per heavy atom. The van der Waals surface area contributed by atoms with E-state index in [9.17, 15) is 0 Å². The molecule has 0 aromatic carbocycles. The lowest BCUT2D eigenvalue weighted by molar-refractivity contribution is 0.00507. The molecule has 2 fully saturated rings. The lowest BCUT2D eigenvalue weighted by atomic mass is 9.90. The SMILES string of the molecule is c1cc(-c2ccn(C3CCC(N4CCOCC4)CC3)n2)cs1. The van der Waals surface area contributed by atoms with E-state index in [-0.39, 0.29) is 0 Å². The molecule has 0 radical (unpaired) electrons. The molecule has 0 bridgehead atoms. The first-order valence-corrected chi connectivity index (χ1v) is 9.24. The second-order valence-electron chi connectivity index (χ2n) is 6.30. The Morgan fingerprint density at radius 2 is 1.82 bits per heavy atom. The van der Waals surface area contributed by atoms with E-state index >= 15 is 0 Å². The summed E-state index contributed by atoms with van der Waals surface area (Å²) in [4.78, 5) is 2.62. The summed E-state index contributed by atoms with van der Waals surface area (Å²) in [5.74, 6) is 0. The molecule has 1 saturated carbocycles. The van der Waals surface area contributed by atoms with Gasteiger partial charge in [0.05, 0.1) is 24.9 Å². The first-order chi connectivity index (χ1) is 10.9. The summed E-state index contributed by atoms with van der Waals surface area (Å²) in [6.45, 7) is 4.03. The number of rotatable bonds is 3. The van der Waals surface area contributed by atoms with Gasteiger partial charge in [0, 0.05) is 36.3 Å². The Kier molecular flexibility index (Phi) is 4.28. The van der Waals surface area contributed by atoms with Gasteiger partial charge >= 0.3 is 0 Å². The molecule has 5 heteroatoms. The topological polar surface area (TPSA) is 30.3 Å². The molecule has 1 aliphatic heterocycles. The van der Waals surface area contributed by atoms with Gasteiger partial charge in [-0.1, -0.05) is 0 Å². The van der Waals surface area contributed by atoms with Gasteiger partial charge in [-0.25, -0.2) is 0 Å². The summed E-state index contributed by atoms with van der Waals surface area (Å²) < 4.78 is 7.66. The molecule has 0 amide bonds. The standard InChI is InChI=1S/C17H23N3OS/c1-3-16(4-2-15(1)19-8-10-21-11-9-19)20-7-5-17(18-20)14-6-12-22-13-14/h5-7,12-13,15-16H,1-4,8-11H2. The predicted molar refractivity (Wildman–Crippen MR) is 89.2 cm³/mol. The molecule has 0 unspecified atom stereocenters. The van der Waals surface area contributed by atoms with Crippen molar-refractivity contribution in [2.75, 3.05) is 26.3 Å². The molecule has 1 saturated heterocycles. The first kappa shape index (κ1) is 14.4. The Hall–Kier alpha value is -1.17. The van der Waals surface area contributed by atoms with Crippen molar-refractivity contribution in [3.8, 4) is 11.3 Å². The summed E-state index contributed by atoms with van der Waals surface area (Å²) in [5, 5.41) is 9.09. The molecular formula is C17H23N3OS. The Balaban J connectivity index is 1.37. The molecule has 22 heavy (non-hydrogen) atoms. The number of aromatic nitrogens is 2. The van der Waals surface area contributed by atoms with Crippen molar-refractivity contribution in [2.45, 2.75) is 37.8 Å². The molecule has 2 aliphatic rings. The maximum atomic E-state index is 5.46. The van der Waals surface area contributed by atoms with Crippen molar-refractivity contribution in [1.29, 1.82) is 0 Å². The number of hydrogen-bond acceptors (Lipinski definition) is 4. The number of thiophene rings is 1. The molecule has 2 aromatic rings. The van der Waals surface area contributed by atoms with Crippen LogP contribution in [0, 0.1) is 0 Å². The van der Waals surface area contributed by atoms with E-state index in [2.05, 4.69) is 38.7 Å². The molecule has 2 aromatic heterocycles. The van der Waals surface area contributed by atoms with Crippen molar-refractivity contribution in [1.82, 2.24) is 14.7 Å². The second-order valence-corrected chi connectivity index (χ2v) is 7.08. The molecule has 4 rings (SSSR count). The molecule has 0 N–H and O–H groups in total. The van der Waals surface area contributed by atoms with Crippen molar-refractivity contribution in [3.05, 3.63) is 29.1 Å². The summed E-state index contributed by atoms with van der Waals surface area (Å²) in [6, 6.07) is 5.62. The summed E-state index contributed by atoms with van der Waals surface area (Å²) >= 11 is 1.73. The Labute approximate surface area is 135 Å². The number of ether oxygens (including phenoxy) is 1. The molecule has 1 aliphatic carbocycles. The summed E-state index contributed by atoms with van der Waals surface area (Å²) in [5.41, 5.74) is 2.35. The first-order valence-electron chi connectivity index (χ1n) is 8.30. The summed E-state index contributed by atoms with van der Waals surface area (Å²) in [6.07, 6.45) is 7.23. The number of nitrogens with zero attached hydrogens (tertiary/aromatic N) is 3. The third-order valence-electron chi connectivity index (χ3n) is 5.03. The van der Waals surface area contributed by atoms with Crippen molar-refractivity contribution < 1.29 is 4.74 Å². The van der Waals surface area contributed by atoms with Crippen LogP contribution < -0.4 is 0 Å². The largest absolute Gasteiger partial charge is 0.379 e. The van der Waals surface area contributed by atoms with Crippen LogP contribution in [-0.4, -0.2) is 47.0 Å².